The number of fused-ring (bicyclic) bond motifs is 2. The average Bonchev–Trinajstić information content (AvgIpc) is 3.69. The van der Waals surface area contributed by atoms with Crippen LogP contribution in [0.5, 0.6) is 11.5 Å². The maximum atomic E-state index is 13.2. The number of anilines is 1. The highest BCUT2D eigenvalue weighted by Crippen LogP contribution is 2.41. The van der Waals surface area contributed by atoms with E-state index in [0.29, 0.717) is 59.2 Å². The second kappa shape index (κ2) is 10.7. The molecule has 3 aromatic rings. The van der Waals surface area contributed by atoms with E-state index >= 15 is 0 Å². The van der Waals surface area contributed by atoms with E-state index < -0.39 is 34.4 Å². The summed E-state index contributed by atoms with van der Waals surface area (Å²) in [7, 11) is -3.17. The van der Waals surface area contributed by atoms with Gasteiger partial charge in [-0.1, -0.05) is 0 Å². The van der Waals surface area contributed by atoms with Crippen molar-refractivity contribution in [2.75, 3.05) is 36.6 Å². The van der Waals surface area contributed by atoms with Crippen molar-refractivity contribution >= 4 is 44.5 Å². The number of aromatic nitrogens is 3. The molecule has 41 heavy (non-hydrogen) atoms. The van der Waals surface area contributed by atoms with E-state index in [1.54, 1.807) is 35.9 Å². The van der Waals surface area contributed by atoms with Crippen molar-refractivity contribution in [3.05, 3.63) is 41.2 Å². The van der Waals surface area contributed by atoms with Crippen molar-refractivity contribution in [3.63, 3.8) is 0 Å². The van der Waals surface area contributed by atoms with Crippen LogP contribution in [-0.4, -0.2) is 72.4 Å². The Morgan fingerprint density at radius 2 is 1.88 bits per heavy atom. The monoisotopic (exact) mass is 583 g/mol. The quantitative estimate of drug-likeness (QED) is 0.412. The first kappa shape index (κ1) is 27.0. The van der Waals surface area contributed by atoms with E-state index in [4.69, 9.17) is 19.2 Å². The molecule has 3 amide bonds. The number of imide groups is 1. The number of esters is 1. The Morgan fingerprint density at radius 3 is 2.61 bits per heavy atom. The number of pyridine rings is 1. The summed E-state index contributed by atoms with van der Waals surface area (Å²) in [6.45, 7) is 2.05. The molecule has 6 rings (SSSR count). The third-order valence-electron chi connectivity index (χ3n) is 7.22. The normalized spacial score (nSPS) is 19.4. The lowest BCUT2D eigenvalue weighted by atomic mass is 10.1. The Hall–Kier alpha value is -4.20. The van der Waals surface area contributed by atoms with Crippen LogP contribution in [0.2, 0.25) is 0 Å². The lowest BCUT2D eigenvalue weighted by Crippen LogP contribution is -2.37. The summed E-state index contributed by atoms with van der Waals surface area (Å²) in [5.74, 6) is -0.289. The Balaban J connectivity index is 1.14. The van der Waals surface area contributed by atoms with Crippen molar-refractivity contribution in [3.8, 4) is 11.5 Å². The van der Waals surface area contributed by atoms with Crippen LogP contribution in [0.25, 0.3) is 11.0 Å². The van der Waals surface area contributed by atoms with Gasteiger partial charge in [0.15, 0.2) is 33.6 Å². The van der Waals surface area contributed by atoms with Crippen LogP contribution >= 0.6 is 0 Å². The molecule has 2 aromatic heterocycles. The van der Waals surface area contributed by atoms with Gasteiger partial charge < -0.3 is 19.5 Å². The molecular weight excluding hydrogens is 554 g/mol. The number of aryl methyl sites for hydroxylation is 1. The number of hydrogen-bond donors (Lipinski definition) is 2. The first-order valence-corrected chi connectivity index (χ1v) is 15.3. The highest BCUT2D eigenvalue weighted by molar-refractivity contribution is 7.91. The molecular formula is C27H29N5O8S. The largest absolute Gasteiger partial charge is 0.490 e. The molecule has 1 aliphatic carbocycles. The topological polar surface area (TPSA) is 168 Å². The van der Waals surface area contributed by atoms with E-state index in [1.165, 1.54) is 0 Å². The van der Waals surface area contributed by atoms with Gasteiger partial charge in [0, 0.05) is 29.8 Å². The summed E-state index contributed by atoms with van der Waals surface area (Å²) in [5.41, 5.74) is 2.23. The number of amides is 3. The molecule has 1 atom stereocenters. The first-order chi connectivity index (χ1) is 19.7. The molecule has 2 aliphatic heterocycles. The lowest BCUT2D eigenvalue weighted by Gasteiger charge is -2.12. The SMILES string of the molecule is Cc1nn(C2CCS(=O)(=O)C2)c2nc(C3CC3)cc(C(=O)OCC(=O)NC(=O)Nc3ccc4c(c3)OCCCO4)c12. The molecule has 1 unspecified atom stereocenters. The van der Waals surface area contributed by atoms with Crippen LogP contribution in [0.4, 0.5) is 10.5 Å². The van der Waals surface area contributed by atoms with Gasteiger partial charge in [-0.2, -0.15) is 5.10 Å². The van der Waals surface area contributed by atoms with Crippen molar-refractivity contribution < 1.29 is 37.0 Å². The van der Waals surface area contributed by atoms with Crippen molar-refractivity contribution in [2.45, 2.75) is 44.6 Å². The predicted molar refractivity (Wildman–Crippen MR) is 146 cm³/mol. The fraction of sp³-hybridized carbons (Fsp3) is 0.444. The van der Waals surface area contributed by atoms with Gasteiger partial charge in [0.1, 0.15) is 0 Å². The minimum absolute atomic E-state index is 0.0349. The number of nitrogens with zero attached hydrogens (tertiary/aromatic N) is 3. The van der Waals surface area contributed by atoms with Gasteiger partial charge in [0.25, 0.3) is 5.91 Å². The Kier molecular flexibility index (Phi) is 7.01. The Labute approximate surface area is 235 Å². The van der Waals surface area contributed by atoms with Crippen LogP contribution in [0.1, 0.15) is 59.4 Å². The maximum absolute atomic E-state index is 13.2. The molecule has 0 bridgehead atoms. The van der Waals surface area contributed by atoms with Gasteiger partial charge >= 0.3 is 12.0 Å². The van der Waals surface area contributed by atoms with E-state index in [1.807, 2.05) is 0 Å². The third kappa shape index (κ3) is 5.82. The second-order valence-electron chi connectivity index (χ2n) is 10.4. The molecule has 2 fully saturated rings. The molecule has 1 saturated heterocycles. The molecule has 1 saturated carbocycles. The number of urea groups is 1. The molecule has 0 radical (unpaired) electrons. The standard InChI is InChI=1S/C27H29N5O8S/c1-15-24-19(12-20(16-3-4-16)29-25(24)32(31-15)18-7-10-41(36,37)14-18)26(34)40-13-23(33)30-27(35)28-17-5-6-21-22(11-17)39-9-2-8-38-21/h5-6,11-12,16,18H,2-4,7-10,13-14H2,1H3,(H2,28,30,33,35). The van der Waals surface area contributed by atoms with Gasteiger partial charge in [-0.25, -0.2) is 27.7 Å². The van der Waals surface area contributed by atoms with Gasteiger partial charge in [-0.15, -0.1) is 0 Å². The fourth-order valence-corrected chi connectivity index (χ4v) is 6.77. The van der Waals surface area contributed by atoms with E-state index in [-0.39, 0.29) is 29.0 Å². The summed E-state index contributed by atoms with van der Waals surface area (Å²) in [6, 6.07) is 5.37. The molecule has 1 aromatic carbocycles. The summed E-state index contributed by atoms with van der Waals surface area (Å²) in [4.78, 5) is 42.8. The summed E-state index contributed by atoms with van der Waals surface area (Å²) >= 11 is 0. The fourth-order valence-electron chi connectivity index (χ4n) is 5.08. The zero-order chi connectivity index (χ0) is 28.7. The third-order valence-corrected chi connectivity index (χ3v) is 8.97. The molecule has 4 heterocycles. The van der Waals surface area contributed by atoms with Crippen LogP contribution in [0.15, 0.2) is 24.3 Å². The molecule has 13 nitrogen and oxygen atoms in total. The summed E-state index contributed by atoms with van der Waals surface area (Å²) in [5, 5.41) is 9.68. The Morgan fingerprint density at radius 1 is 1.10 bits per heavy atom. The lowest BCUT2D eigenvalue weighted by molar-refractivity contribution is -0.123. The zero-order valence-electron chi connectivity index (χ0n) is 22.3. The number of carbonyl (C=O) groups is 3. The molecule has 2 N–H and O–H groups in total. The molecule has 0 spiro atoms. The number of carbonyl (C=O) groups excluding carboxylic acids is 3. The van der Waals surface area contributed by atoms with E-state index in [2.05, 4.69) is 15.7 Å². The Bertz CT molecular complexity index is 1660. The number of hydrogen-bond acceptors (Lipinski definition) is 10. The van der Waals surface area contributed by atoms with Crippen LogP contribution in [0, 0.1) is 6.92 Å². The molecule has 216 valence electrons. The number of rotatable bonds is 6. The maximum Gasteiger partial charge on any atom is 0.339 e. The highest BCUT2D eigenvalue weighted by atomic mass is 32.2. The summed E-state index contributed by atoms with van der Waals surface area (Å²) in [6.07, 6.45) is 3.02. The van der Waals surface area contributed by atoms with Gasteiger partial charge in [0.2, 0.25) is 0 Å². The number of benzene rings is 1. The first-order valence-electron chi connectivity index (χ1n) is 13.4. The predicted octanol–water partition coefficient (Wildman–Crippen LogP) is 2.64. The van der Waals surface area contributed by atoms with Crippen LogP contribution in [0.3, 0.4) is 0 Å². The van der Waals surface area contributed by atoms with Gasteiger partial charge in [-0.3, -0.25) is 10.1 Å². The zero-order valence-corrected chi connectivity index (χ0v) is 23.2. The minimum Gasteiger partial charge on any atom is -0.490 e. The van der Waals surface area contributed by atoms with Crippen LogP contribution in [-0.2, 0) is 19.4 Å². The number of ether oxygens (including phenoxy) is 3. The minimum atomic E-state index is -3.17. The molecule has 14 heteroatoms. The molecule has 3 aliphatic rings. The number of sulfone groups is 1. The highest BCUT2D eigenvalue weighted by Gasteiger charge is 2.34. The van der Waals surface area contributed by atoms with Gasteiger partial charge in [-0.05, 0) is 44.4 Å². The average molecular weight is 584 g/mol. The van der Waals surface area contributed by atoms with E-state index in [0.717, 1.165) is 19.3 Å². The number of nitrogens with one attached hydrogen (secondary N) is 2. The van der Waals surface area contributed by atoms with Crippen molar-refractivity contribution in [1.82, 2.24) is 20.1 Å². The van der Waals surface area contributed by atoms with Crippen molar-refractivity contribution in [1.29, 1.82) is 0 Å². The van der Waals surface area contributed by atoms with Crippen LogP contribution < -0.4 is 20.1 Å². The van der Waals surface area contributed by atoms with Crippen molar-refractivity contribution in [2.24, 2.45) is 0 Å². The second-order valence-corrected chi connectivity index (χ2v) is 12.7. The smallest absolute Gasteiger partial charge is 0.339 e. The van der Waals surface area contributed by atoms with E-state index in [9.17, 15) is 22.8 Å². The van der Waals surface area contributed by atoms with Gasteiger partial charge in [0.05, 0.1) is 47.4 Å². The summed E-state index contributed by atoms with van der Waals surface area (Å²) < 4.78 is 42.3.